The fraction of sp³-hybridized carbons (Fsp3) is 0.250. The number of nitrogens with zero attached hydrogens (tertiary/aromatic N) is 1. The van der Waals surface area contributed by atoms with Crippen molar-refractivity contribution in [2.75, 3.05) is 0 Å². The van der Waals surface area contributed by atoms with Crippen molar-refractivity contribution in [1.82, 2.24) is 0 Å². The summed E-state index contributed by atoms with van der Waals surface area (Å²) in [5.41, 5.74) is 0. The van der Waals surface area contributed by atoms with Gasteiger partial charge in [-0.3, -0.25) is 0 Å². The molecular formula is C4H3Cl2NO4. The van der Waals surface area contributed by atoms with Gasteiger partial charge in [-0.1, -0.05) is 28.4 Å². The molecule has 0 fully saturated rings. The molecule has 5 nitrogen and oxygen atoms in total. The van der Waals surface area contributed by atoms with Gasteiger partial charge in [0.05, 0.1) is 0 Å². The van der Waals surface area contributed by atoms with Crippen LogP contribution in [-0.4, -0.2) is 28.1 Å². The van der Waals surface area contributed by atoms with Crippen LogP contribution in [0.2, 0.25) is 0 Å². The molecule has 62 valence electrons. The van der Waals surface area contributed by atoms with E-state index < -0.39 is 16.8 Å². The molecule has 0 aromatic rings. The first-order chi connectivity index (χ1) is 5.04. The van der Waals surface area contributed by atoms with Crippen molar-refractivity contribution in [2.24, 2.45) is 5.16 Å². The maximum Gasteiger partial charge on any atom is 0.367 e. The summed E-state index contributed by atoms with van der Waals surface area (Å²) in [5, 5.41) is 10.7. The van der Waals surface area contributed by atoms with E-state index in [1.807, 2.05) is 0 Å². The Balaban J connectivity index is 3.71. The molecule has 0 unspecified atom stereocenters. The summed E-state index contributed by atoms with van der Waals surface area (Å²) >= 11 is 10.0. The van der Waals surface area contributed by atoms with Crippen LogP contribution < -0.4 is 0 Å². The number of hydrogen-bond donors (Lipinski definition) is 1. The Bertz CT molecular complexity index is 191. The summed E-state index contributed by atoms with van der Waals surface area (Å²) in [4.78, 5) is 22.6. The van der Waals surface area contributed by atoms with Crippen molar-refractivity contribution < 1.29 is 19.5 Å². The van der Waals surface area contributed by atoms with Crippen molar-refractivity contribution in [3.05, 3.63) is 0 Å². The van der Waals surface area contributed by atoms with E-state index in [-0.39, 0.29) is 0 Å². The Kier molecular flexibility index (Phi) is 4.56. The average Bonchev–Trinajstić information content (AvgIpc) is 1.86. The summed E-state index contributed by atoms with van der Waals surface area (Å²) in [6.07, 6.45) is 0.397. The molecule has 0 bridgehead atoms. The molecule has 0 aliphatic carbocycles. The molecule has 7 heteroatoms. The van der Waals surface area contributed by atoms with Crippen LogP contribution in [0.15, 0.2) is 5.16 Å². The van der Waals surface area contributed by atoms with Crippen LogP contribution in [0, 0.1) is 0 Å². The molecule has 0 aliphatic heterocycles. The Hall–Kier alpha value is -0.810. The molecule has 0 aliphatic rings. The maximum absolute atomic E-state index is 10.3. The summed E-state index contributed by atoms with van der Waals surface area (Å²) in [6, 6.07) is 0. The molecule has 0 aromatic heterocycles. The number of hydrogen-bond acceptors (Lipinski definition) is 4. The monoisotopic (exact) mass is 199 g/mol. The van der Waals surface area contributed by atoms with E-state index in [2.05, 4.69) is 9.99 Å². The number of carbonyl (C=O) groups is 2. The quantitative estimate of drug-likeness (QED) is 0.309. The van der Waals surface area contributed by atoms with E-state index in [4.69, 9.17) is 28.3 Å². The number of carbonyl (C=O) groups excluding carboxylic acids is 1. The molecule has 11 heavy (non-hydrogen) atoms. The van der Waals surface area contributed by atoms with E-state index >= 15 is 0 Å². The Labute approximate surface area is 71.5 Å². The van der Waals surface area contributed by atoms with E-state index in [0.717, 1.165) is 0 Å². The Morgan fingerprint density at radius 2 is 2.09 bits per heavy atom. The zero-order valence-corrected chi connectivity index (χ0v) is 6.54. The fourth-order valence-electron chi connectivity index (χ4n) is 0.163. The Morgan fingerprint density at radius 1 is 1.55 bits per heavy atom. The molecule has 0 heterocycles. The summed E-state index contributed by atoms with van der Waals surface area (Å²) in [6.45, 7) is 0. The highest BCUT2D eigenvalue weighted by Gasteiger charge is 2.12. The maximum atomic E-state index is 10.3. The van der Waals surface area contributed by atoms with E-state index in [1.165, 1.54) is 0 Å². The van der Waals surface area contributed by atoms with Crippen LogP contribution in [0.3, 0.4) is 0 Å². The molecule has 0 rings (SSSR count). The van der Waals surface area contributed by atoms with Gasteiger partial charge in [-0.15, -0.1) is 0 Å². The number of halogens is 2. The van der Waals surface area contributed by atoms with Gasteiger partial charge in [-0.05, 0) is 0 Å². The number of carboxylic acid groups (broad SMARTS) is 1. The lowest BCUT2D eigenvalue weighted by Gasteiger charge is -1.93. The van der Waals surface area contributed by atoms with E-state index in [1.54, 1.807) is 0 Å². The zero-order chi connectivity index (χ0) is 8.85. The molecule has 1 N–H and O–H groups in total. The topological polar surface area (TPSA) is 76.0 Å². The molecule has 0 amide bonds. The third-order valence-electron chi connectivity index (χ3n) is 0.484. The minimum absolute atomic E-state index is 0.397. The lowest BCUT2D eigenvalue weighted by Crippen LogP contribution is -2.09. The summed E-state index contributed by atoms with van der Waals surface area (Å²) in [7, 11) is 0. The number of carboxylic acids is 1. The lowest BCUT2D eigenvalue weighted by atomic mass is 10.8. The van der Waals surface area contributed by atoms with Crippen LogP contribution in [0.4, 0.5) is 0 Å². The normalized spacial score (nSPS) is 10.5. The van der Waals surface area contributed by atoms with Gasteiger partial charge in [0, 0.05) is 0 Å². The zero-order valence-electron chi connectivity index (χ0n) is 5.03. The smallest absolute Gasteiger partial charge is 0.367 e. The van der Waals surface area contributed by atoms with E-state index in [0.29, 0.717) is 6.21 Å². The third kappa shape index (κ3) is 5.63. The molecule has 0 atom stereocenters. The number of alkyl halides is 2. The van der Waals surface area contributed by atoms with Gasteiger partial charge >= 0.3 is 11.9 Å². The van der Waals surface area contributed by atoms with Gasteiger partial charge in [0.15, 0.2) is 6.21 Å². The van der Waals surface area contributed by atoms with Crippen LogP contribution in [0.1, 0.15) is 0 Å². The van der Waals surface area contributed by atoms with Crippen molar-refractivity contribution >= 4 is 41.4 Å². The second-order valence-corrected chi connectivity index (χ2v) is 2.38. The Morgan fingerprint density at radius 3 is 2.45 bits per heavy atom. The van der Waals surface area contributed by atoms with Crippen molar-refractivity contribution in [2.45, 2.75) is 4.84 Å². The average molecular weight is 200 g/mol. The SMILES string of the molecule is O=C(O)/C=N\OC(=O)C(Cl)Cl. The second-order valence-electron chi connectivity index (χ2n) is 1.28. The first kappa shape index (κ1) is 10.2. The van der Waals surface area contributed by atoms with E-state index in [9.17, 15) is 9.59 Å². The summed E-state index contributed by atoms with van der Waals surface area (Å²) < 4.78 is 0. The highest BCUT2D eigenvalue weighted by molar-refractivity contribution is 6.52. The van der Waals surface area contributed by atoms with Crippen molar-refractivity contribution in [3.8, 4) is 0 Å². The lowest BCUT2D eigenvalue weighted by molar-refractivity contribution is -0.141. The molecule has 0 saturated heterocycles. The minimum Gasteiger partial charge on any atom is -0.477 e. The van der Waals surface area contributed by atoms with Crippen LogP contribution in [0.25, 0.3) is 0 Å². The highest BCUT2D eigenvalue weighted by Crippen LogP contribution is 2.03. The number of oxime groups is 1. The molecular weight excluding hydrogens is 197 g/mol. The first-order valence-corrected chi connectivity index (χ1v) is 3.16. The molecule has 0 saturated carbocycles. The fourth-order valence-corrected chi connectivity index (χ4v) is 0.243. The minimum atomic E-state index is -1.36. The molecule has 0 aromatic carbocycles. The van der Waals surface area contributed by atoms with Gasteiger partial charge in [-0.25, -0.2) is 9.59 Å². The predicted molar refractivity (Wildman–Crippen MR) is 37.7 cm³/mol. The predicted octanol–water partition coefficient (Wildman–Crippen LogP) is 0.404. The summed E-state index contributed by atoms with van der Waals surface area (Å²) in [5.74, 6) is -2.36. The van der Waals surface area contributed by atoms with Crippen LogP contribution >= 0.6 is 23.2 Å². The van der Waals surface area contributed by atoms with Gasteiger partial charge < -0.3 is 9.94 Å². The van der Waals surface area contributed by atoms with Crippen molar-refractivity contribution in [3.63, 3.8) is 0 Å². The van der Waals surface area contributed by atoms with Crippen molar-refractivity contribution in [1.29, 1.82) is 0 Å². The van der Waals surface area contributed by atoms with Gasteiger partial charge in [0.2, 0.25) is 4.84 Å². The van der Waals surface area contributed by atoms with Crippen LogP contribution in [-0.2, 0) is 14.4 Å². The van der Waals surface area contributed by atoms with Gasteiger partial charge in [0.25, 0.3) is 0 Å². The number of rotatable bonds is 3. The number of aliphatic carboxylic acids is 1. The third-order valence-corrected chi connectivity index (χ3v) is 0.840. The molecule has 0 radical (unpaired) electrons. The second kappa shape index (κ2) is 4.92. The largest absolute Gasteiger partial charge is 0.477 e. The van der Waals surface area contributed by atoms with Crippen LogP contribution in [0.5, 0.6) is 0 Å². The standard InChI is InChI=1S/C4H3Cl2NO4/c5-3(6)4(10)11-7-1-2(8)9/h1,3H,(H,8,9)/b7-1-. The van der Waals surface area contributed by atoms with Gasteiger partial charge in [-0.2, -0.15) is 0 Å². The van der Waals surface area contributed by atoms with Gasteiger partial charge in [0.1, 0.15) is 0 Å². The first-order valence-electron chi connectivity index (χ1n) is 2.29. The highest BCUT2D eigenvalue weighted by atomic mass is 35.5. The molecule has 0 spiro atoms.